The molecule has 0 aliphatic carbocycles. The molecule has 1 rings (SSSR count). The Morgan fingerprint density at radius 2 is 2.06 bits per heavy atom. The van der Waals surface area contributed by atoms with E-state index in [9.17, 15) is 4.79 Å². The zero-order valence-electron chi connectivity index (χ0n) is 10.2. The summed E-state index contributed by atoms with van der Waals surface area (Å²) in [7, 11) is 0. The van der Waals surface area contributed by atoms with Gasteiger partial charge in [0.1, 0.15) is 5.54 Å². The third-order valence-electron chi connectivity index (χ3n) is 2.64. The number of amides is 2. The summed E-state index contributed by atoms with van der Waals surface area (Å²) in [5, 5.41) is 14.3. The SMILES string of the molecule is CCC(C)(C#N)NC(=O)NCc1ccccc1. The summed E-state index contributed by atoms with van der Waals surface area (Å²) in [6, 6.07) is 11.4. The number of nitrogens with one attached hydrogen (secondary N) is 2. The van der Waals surface area contributed by atoms with Crippen molar-refractivity contribution < 1.29 is 4.79 Å². The van der Waals surface area contributed by atoms with E-state index in [0.717, 1.165) is 5.56 Å². The first-order chi connectivity index (χ1) is 8.09. The van der Waals surface area contributed by atoms with E-state index in [2.05, 4.69) is 16.7 Å². The molecule has 4 nitrogen and oxygen atoms in total. The molecule has 2 N–H and O–H groups in total. The maximum Gasteiger partial charge on any atom is 0.316 e. The summed E-state index contributed by atoms with van der Waals surface area (Å²) in [6.07, 6.45) is 0.572. The monoisotopic (exact) mass is 231 g/mol. The van der Waals surface area contributed by atoms with Crippen LogP contribution in [0.15, 0.2) is 30.3 Å². The molecule has 90 valence electrons. The predicted molar refractivity (Wildman–Crippen MR) is 66.1 cm³/mol. The van der Waals surface area contributed by atoms with E-state index >= 15 is 0 Å². The second kappa shape index (κ2) is 5.90. The van der Waals surface area contributed by atoms with Gasteiger partial charge in [-0.25, -0.2) is 4.79 Å². The molecular formula is C13H17N3O. The largest absolute Gasteiger partial charge is 0.334 e. The first-order valence-electron chi connectivity index (χ1n) is 5.61. The van der Waals surface area contributed by atoms with Gasteiger partial charge >= 0.3 is 6.03 Å². The van der Waals surface area contributed by atoms with E-state index in [4.69, 9.17) is 5.26 Å². The fraction of sp³-hybridized carbons (Fsp3) is 0.385. The number of carbonyl (C=O) groups excluding carboxylic acids is 1. The van der Waals surface area contributed by atoms with E-state index in [1.165, 1.54) is 0 Å². The zero-order chi connectivity index (χ0) is 12.7. The molecular weight excluding hydrogens is 214 g/mol. The van der Waals surface area contributed by atoms with Crippen LogP contribution in [-0.4, -0.2) is 11.6 Å². The number of benzene rings is 1. The predicted octanol–water partition coefficient (Wildman–Crippen LogP) is 2.18. The van der Waals surface area contributed by atoms with Gasteiger partial charge in [-0.15, -0.1) is 0 Å². The molecule has 2 amide bonds. The zero-order valence-corrected chi connectivity index (χ0v) is 10.2. The number of rotatable bonds is 4. The van der Waals surface area contributed by atoms with Crippen molar-refractivity contribution in [2.24, 2.45) is 0 Å². The standard InChI is InChI=1S/C13H17N3O/c1-3-13(2,10-14)16-12(17)15-9-11-7-5-4-6-8-11/h4-8H,3,9H2,1-2H3,(H2,15,16,17). The van der Waals surface area contributed by atoms with Crippen LogP contribution in [0.4, 0.5) is 4.79 Å². The van der Waals surface area contributed by atoms with Crippen LogP contribution < -0.4 is 10.6 Å². The van der Waals surface area contributed by atoms with E-state index in [1.807, 2.05) is 37.3 Å². The third kappa shape index (κ3) is 4.15. The highest BCUT2D eigenvalue weighted by molar-refractivity contribution is 5.75. The quantitative estimate of drug-likeness (QED) is 0.834. The second-order valence-electron chi connectivity index (χ2n) is 4.09. The highest BCUT2D eigenvalue weighted by atomic mass is 16.2. The second-order valence-corrected chi connectivity index (χ2v) is 4.09. The molecule has 0 fully saturated rings. The van der Waals surface area contributed by atoms with Gasteiger partial charge in [-0.2, -0.15) is 5.26 Å². The van der Waals surface area contributed by atoms with Gasteiger partial charge in [0, 0.05) is 6.54 Å². The van der Waals surface area contributed by atoms with Crippen molar-refractivity contribution in [2.75, 3.05) is 0 Å². The van der Waals surface area contributed by atoms with Crippen LogP contribution in [0.25, 0.3) is 0 Å². The van der Waals surface area contributed by atoms with Gasteiger partial charge in [0.05, 0.1) is 6.07 Å². The van der Waals surface area contributed by atoms with Gasteiger partial charge in [-0.05, 0) is 18.9 Å². The van der Waals surface area contributed by atoms with Crippen molar-refractivity contribution in [3.63, 3.8) is 0 Å². The van der Waals surface area contributed by atoms with E-state index in [0.29, 0.717) is 13.0 Å². The number of carbonyl (C=O) groups is 1. The highest BCUT2D eigenvalue weighted by Crippen LogP contribution is 2.06. The fourth-order valence-electron chi connectivity index (χ4n) is 1.27. The van der Waals surface area contributed by atoms with Gasteiger partial charge < -0.3 is 10.6 Å². The Balaban J connectivity index is 2.44. The molecule has 0 saturated heterocycles. The number of hydrogen-bond acceptors (Lipinski definition) is 2. The van der Waals surface area contributed by atoms with Crippen molar-refractivity contribution >= 4 is 6.03 Å². The molecule has 0 radical (unpaired) electrons. The summed E-state index contributed by atoms with van der Waals surface area (Å²) >= 11 is 0. The number of urea groups is 1. The molecule has 0 spiro atoms. The molecule has 0 heterocycles. The summed E-state index contributed by atoms with van der Waals surface area (Å²) in [5.74, 6) is 0. The third-order valence-corrected chi connectivity index (χ3v) is 2.64. The first-order valence-corrected chi connectivity index (χ1v) is 5.61. The van der Waals surface area contributed by atoms with Crippen molar-refractivity contribution in [2.45, 2.75) is 32.4 Å². The number of nitrogens with zero attached hydrogens (tertiary/aromatic N) is 1. The Kier molecular flexibility index (Phi) is 4.53. The molecule has 4 heteroatoms. The molecule has 0 aliphatic rings. The average Bonchev–Trinajstić information content (AvgIpc) is 2.37. The molecule has 1 aromatic carbocycles. The molecule has 17 heavy (non-hydrogen) atoms. The molecule has 0 bridgehead atoms. The Labute approximate surface area is 102 Å². The summed E-state index contributed by atoms with van der Waals surface area (Å²) in [5.41, 5.74) is 0.221. The molecule has 0 saturated carbocycles. The van der Waals surface area contributed by atoms with Crippen LogP contribution >= 0.6 is 0 Å². The lowest BCUT2D eigenvalue weighted by molar-refractivity contribution is 0.232. The van der Waals surface area contributed by atoms with Gasteiger partial charge in [0.15, 0.2) is 0 Å². The maximum absolute atomic E-state index is 11.6. The van der Waals surface area contributed by atoms with Crippen molar-refractivity contribution in [3.05, 3.63) is 35.9 Å². The molecule has 1 atom stereocenters. The van der Waals surface area contributed by atoms with Crippen LogP contribution in [0.3, 0.4) is 0 Å². The van der Waals surface area contributed by atoms with E-state index in [-0.39, 0.29) is 6.03 Å². The highest BCUT2D eigenvalue weighted by Gasteiger charge is 2.23. The molecule has 1 unspecified atom stereocenters. The molecule has 0 aromatic heterocycles. The Morgan fingerprint density at radius 1 is 1.41 bits per heavy atom. The lowest BCUT2D eigenvalue weighted by Gasteiger charge is -2.21. The van der Waals surface area contributed by atoms with Crippen LogP contribution in [0.5, 0.6) is 0 Å². The number of nitriles is 1. The minimum Gasteiger partial charge on any atom is -0.334 e. The van der Waals surface area contributed by atoms with Crippen LogP contribution in [0.1, 0.15) is 25.8 Å². The van der Waals surface area contributed by atoms with Gasteiger partial charge in [-0.3, -0.25) is 0 Å². The summed E-state index contributed by atoms with van der Waals surface area (Å²) in [6.45, 7) is 4.02. The smallest absolute Gasteiger partial charge is 0.316 e. The number of hydrogen-bond donors (Lipinski definition) is 2. The topological polar surface area (TPSA) is 64.9 Å². The minimum atomic E-state index is -0.805. The van der Waals surface area contributed by atoms with Crippen molar-refractivity contribution in [1.29, 1.82) is 5.26 Å². The lowest BCUT2D eigenvalue weighted by Crippen LogP contribution is -2.48. The van der Waals surface area contributed by atoms with Gasteiger partial charge in [0.25, 0.3) is 0 Å². The minimum absolute atomic E-state index is 0.320. The Bertz CT molecular complexity index is 410. The summed E-state index contributed by atoms with van der Waals surface area (Å²) in [4.78, 5) is 11.6. The summed E-state index contributed by atoms with van der Waals surface area (Å²) < 4.78 is 0. The van der Waals surface area contributed by atoms with E-state index in [1.54, 1.807) is 6.92 Å². The average molecular weight is 231 g/mol. The van der Waals surface area contributed by atoms with E-state index < -0.39 is 5.54 Å². The fourth-order valence-corrected chi connectivity index (χ4v) is 1.27. The van der Waals surface area contributed by atoms with Crippen molar-refractivity contribution in [3.8, 4) is 6.07 Å². The first kappa shape index (κ1) is 13.0. The maximum atomic E-state index is 11.6. The van der Waals surface area contributed by atoms with Crippen LogP contribution in [-0.2, 0) is 6.54 Å². The normalized spacial score (nSPS) is 13.2. The van der Waals surface area contributed by atoms with Crippen LogP contribution in [0.2, 0.25) is 0 Å². The van der Waals surface area contributed by atoms with Gasteiger partial charge in [-0.1, -0.05) is 37.3 Å². The molecule has 1 aromatic rings. The van der Waals surface area contributed by atoms with Crippen molar-refractivity contribution in [1.82, 2.24) is 10.6 Å². The van der Waals surface area contributed by atoms with Crippen LogP contribution in [0, 0.1) is 11.3 Å². The Hall–Kier alpha value is -2.02. The lowest BCUT2D eigenvalue weighted by atomic mass is 10.0. The molecule has 0 aliphatic heterocycles. The Morgan fingerprint density at radius 3 is 2.59 bits per heavy atom. The van der Waals surface area contributed by atoms with Gasteiger partial charge in [0.2, 0.25) is 0 Å².